The summed E-state index contributed by atoms with van der Waals surface area (Å²) in [4.78, 5) is 15.5. The maximum absolute atomic E-state index is 13.4. The third kappa shape index (κ3) is 2.72. The molecule has 0 N–H and O–H groups in total. The maximum atomic E-state index is 13.4. The van der Waals surface area contributed by atoms with Crippen molar-refractivity contribution in [2.45, 2.75) is 58.0 Å². The summed E-state index contributed by atoms with van der Waals surface area (Å²) in [7, 11) is 0. The molecule has 4 saturated carbocycles. The van der Waals surface area contributed by atoms with E-state index < -0.39 is 0 Å². The molecule has 4 aliphatic carbocycles. The zero-order valence-corrected chi connectivity index (χ0v) is 15.0. The lowest BCUT2D eigenvalue weighted by molar-refractivity contribution is -0.156. The predicted molar refractivity (Wildman–Crippen MR) is 93.0 cm³/mol. The van der Waals surface area contributed by atoms with Crippen molar-refractivity contribution in [1.82, 2.24) is 15.1 Å². The quantitative estimate of drug-likeness (QED) is 0.848. The molecule has 0 spiro atoms. The molecule has 5 heteroatoms. The standard InChI is InChI=1S/C20H27N3O2/c1-13-2-3-18(22-21-13)25-17-4-5-23(12-17)19(24)20-9-14-6-15(10-20)8-16(7-14)11-20/h2-3,14-17H,4-12H2,1H3. The number of ether oxygens (including phenoxy) is 1. The van der Waals surface area contributed by atoms with Crippen molar-refractivity contribution in [2.75, 3.05) is 13.1 Å². The first-order valence-corrected chi connectivity index (χ1v) is 9.86. The minimum absolute atomic E-state index is 0.0344. The van der Waals surface area contributed by atoms with Gasteiger partial charge in [-0.25, -0.2) is 0 Å². The van der Waals surface area contributed by atoms with Crippen LogP contribution in [0.2, 0.25) is 0 Å². The molecular formula is C20H27N3O2. The largest absolute Gasteiger partial charge is 0.471 e. The van der Waals surface area contributed by atoms with Gasteiger partial charge in [-0.05, 0) is 69.3 Å². The molecule has 1 saturated heterocycles. The highest BCUT2D eigenvalue weighted by Crippen LogP contribution is 2.60. The molecule has 1 aromatic heterocycles. The molecule has 5 nitrogen and oxygen atoms in total. The van der Waals surface area contributed by atoms with Gasteiger partial charge in [0.1, 0.15) is 6.10 Å². The summed E-state index contributed by atoms with van der Waals surface area (Å²) >= 11 is 0. The summed E-state index contributed by atoms with van der Waals surface area (Å²) in [5.74, 6) is 3.43. The van der Waals surface area contributed by atoms with Crippen LogP contribution in [0.1, 0.15) is 50.6 Å². The Morgan fingerprint density at radius 1 is 1.12 bits per heavy atom. The van der Waals surface area contributed by atoms with Gasteiger partial charge in [0.05, 0.1) is 17.7 Å². The second-order valence-electron chi connectivity index (χ2n) is 8.99. The van der Waals surface area contributed by atoms with E-state index >= 15 is 0 Å². The summed E-state index contributed by atoms with van der Waals surface area (Å²) < 4.78 is 5.96. The first-order chi connectivity index (χ1) is 12.1. The van der Waals surface area contributed by atoms with Gasteiger partial charge in [-0.15, -0.1) is 5.10 Å². The summed E-state index contributed by atoms with van der Waals surface area (Å²) in [6.45, 7) is 3.44. The highest BCUT2D eigenvalue weighted by Gasteiger charge is 2.56. The van der Waals surface area contributed by atoms with E-state index in [1.165, 1.54) is 19.3 Å². The Kier molecular flexibility index (Phi) is 3.54. The summed E-state index contributed by atoms with van der Waals surface area (Å²) in [5, 5.41) is 8.14. The molecule has 0 aromatic carbocycles. The van der Waals surface area contributed by atoms with Crippen molar-refractivity contribution in [3.8, 4) is 5.88 Å². The number of nitrogens with zero attached hydrogens (tertiary/aromatic N) is 3. The van der Waals surface area contributed by atoms with Gasteiger partial charge in [0.2, 0.25) is 11.8 Å². The predicted octanol–water partition coefficient (Wildman–Crippen LogP) is 2.98. The van der Waals surface area contributed by atoms with Crippen LogP contribution in [0.5, 0.6) is 5.88 Å². The van der Waals surface area contributed by atoms with Gasteiger partial charge in [-0.2, -0.15) is 5.10 Å². The molecule has 4 bridgehead atoms. The van der Waals surface area contributed by atoms with E-state index in [1.54, 1.807) is 0 Å². The van der Waals surface area contributed by atoms with Crippen molar-refractivity contribution >= 4 is 5.91 Å². The Labute approximate surface area is 149 Å². The smallest absolute Gasteiger partial charge is 0.233 e. The highest BCUT2D eigenvalue weighted by atomic mass is 16.5. The normalized spacial score (nSPS) is 39.0. The number of amides is 1. The first-order valence-electron chi connectivity index (χ1n) is 9.86. The minimum atomic E-state index is -0.0344. The number of likely N-dealkylation sites (tertiary alicyclic amines) is 1. The Hall–Kier alpha value is -1.65. The molecular weight excluding hydrogens is 314 g/mol. The van der Waals surface area contributed by atoms with Crippen LogP contribution in [-0.2, 0) is 4.79 Å². The van der Waals surface area contributed by atoms with Gasteiger partial charge >= 0.3 is 0 Å². The maximum Gasteiger partial charge on any atom is 0.233 e. The molecule has 1 amide bonds. The average molecular weight is 341 g/mol. The minimum Gasteiger partial charge on any atom is -0.471 e. The van der Waals surface area contributed by atoms with E-state index in [0.29, 0.717) is 18.3 Å². The molecule has 1 atom stereocenters. The van der Waals surface area contributed by atoms with Crippen LogP contribution in [0.4, 0.5) is 0 Å². The Balaban J connectivity index is 1.25. The van der Waals surface area contributed by atoms with Crippen molar-refractivity contribution < 1.29 is 9.53 Å². The fraction of sp³-hybridized carbons (Fsp3) is 0.750. The molecule has 25 heavy (non-hydrogen) atoms. The lowest BCUT2D eigenvalue weighted by atomic mass is 9.49. The van der Waals surface area contributed by atoms with Gasteiger partial charge in [0.15, 0.2) is 0 Å². The number of aromatic nitrogens is 2. The van der Waals surface area contributed by atoms with Crippen LogP contribution in [0.15, 0.2) is 12.1 Å². The summed E-state index contributed by atoms with van der Waals surface area (Å²) in [5.41, 5.74) is 0.852. The van der Waals surface area contributed by atoms with Crippen LogP contribution in [0.3, 0.4) is 0 Å². The zero-order chi connectivity index (χ0) is 17.0. The monoisotopic (exact) mass is 341 g/mol. The van der Waals surface area contributed by atoms with E-state index in [4.69, 9.17) is 4.74 Å². The first kappa shape index (κ1) is 15.6. The van der Waals surface area contributed by atoms with Gasteiger partial charge in [0.25, 0.3) is 0 Å². The van der Waals surface area contributed by atoms with Crippen molar-refractivity contribution in [3.05, 3.63) is 17.8 Å². The van der Waals surface area contributed by atoms with Gasteiger partial charge < -0.3 is 9.64 Å². The second kappa shape index (κ2) is 5.68. The second-order valence-corrected chi connectivity index (χ2v) is 8.99. The average Bonchev–Trinajstić information content (AvgIpc) is 3.03. The number of hydrogen-bond donors (Lipinski definition) is 0. The van der Waals surface area contributed by atoms with Crippen LogP contribution in [0, 0.1) is 30.1 Å². The molecule has 2 heterocycles. The SMILES string of the molecule is Cc1ccc(OC2CCN(C(=O)C34CC5CC(CC(C5)C3)C4)C2)nn1. The molecule has 6 rings (SSSR count). The van der Waals surface area contributed by atoms with E-state index in [1.807, 2.05) is 19.1 Å². The van der Waals surface area contributed by atoms with E-state index in [2.05, 4.69) is 15.1 Å². The lowest BCUT2D eigenvalue weighted by Crippen LogP contribution is -2.54. The fourth-order valence-corrected chi connectivity index (χ4v) is 6.34. The molecule has 0 radical (unpaired) electrons. The number of aryl methyl sites for hydroxylation is 1. The van der Waals surface area contributed by atoms with E-state index in [9.17, 15) is 4.79 Å². The lowest BCUT2D eigenvalue weighted by Gasteiger charge is -2.56. The van der Waals surface area contributed by atoms with Crippen molar-refractivity contribution in [2.24, 2.45) is 23.2 Å². The third-order valence-corrected chi connectivity index (χ3v) is 6.98. The van der Waals surface area contributed by atoms with Crippen LogP contribution >= 0.6 is 0 Å². The van der Waals surface area contributed by atoms with Crippen LogP contribution < -0.4 is 4.74 Å². The zero-order valence-electron chi connectivity index (χ0n) is 15.0. The van der Waals surface area contributed by atoms with Crippen molar-refractivity contribution in [1.29, 1.82) is 0 Å². The van der Waals surface area contributed by atoms with Gasteiger partial charge in [-0.3, -0.25) is 4.79 Å². The molecule has 5 aliphatic rings. The van der Waals surface area contributed by atoms with E-state index in [0.717, 1.165) is 55.7 Å². The number of rotatable bonds is 3. The van der Waals surface area contributed by atoms with Crippen LogP contribution in [0.25, 0.3) is 0 Å². The Bertz CT molecular complexity index is 637. The number of hydrogen-bond acceptors (Lipinski definition) is 4. The highest BCUT2D eigenvalue weighted by molar-refractivity contribution is 5.83. The van der Waals surface area contributed by atoms with Crippen molar-refractivity contribution in [3.63, 3.8) is 0 Å². The van der Waals surface area contributed by atoms with Gasteiger partial charge in [0, 0.05) is 19.0 Å². The molecule has 5 fully saturated rings. The third-order valence-electron chi connectivity index (χ3n) is 6.98. The molecule has 134 valence electrons. The Morgan fingerprint density at radius 2 is 1.80 bits per heavy atom. The molecule has 1 aliphatic heterocycles. The number of carbonyl (C=O) groups excluding carboxylic acids is 1. The summed E-state index contributed by atoms with van der Waals surface area (Å²) in [6.07, 6.45) is 8.51. The number of carbonyl (C=O) groups is 1. The van der Waals surface area contributed by atoms with Crippen LogP contribution in [-0.4, -0.2) is 40.2 Å². The molecule has 1 aromatic rings. The fourth-order valence-electron chi connectivity index (χ4n) is 6.34. The summed E-state index contributed by atoms with van der Waals surface area (Å²) in [6, 6.07) is 3.78. The van der Waals surface area contributed by atoms with E-state index in [-0.39, 0.29) is 11.5 Å². The topological polar surface area (TPSA) is 55.3 Å². The van der Waals surface area contributed by atoms with Gasteiger partial charge in [-0.1, -0.05) is 0 Å². The Morgan fingerprint density at radius 3 is 2.40 bits per heavy atom. The molecule has 1 unspecified atom stereocenters.